The number of rotatable bonds is 12. The van der Waals surface area contributed by atoms with Crippen molar-refractivity contribution in [1.82, 2.24) is 4.90 Å². The molecule has 1 N–H and O–H groups in total. The second-order valence-electron chi connectivity index (χ2n) is 7.58. The highest BCUT2D eigenvalue weighted by Crippen LogP contribution is 2.35. The molecule has 5 heteroatoms. The fraction of sp³-hybridized carbons (Fsp3) is 0.696. The maximum absolute atomic E-state index is 13.9. The molecule has 0 aromatic rings. The van der Waals surface area contributed by atoms with E-state index < -0.39 is 30.4 Å². The van der Waals surface area contributed by atoms with Gasteiger partial charge in [-0.05, 0) is 25.2 Å². The highest BCUT2D eigenvalue weighted by molar-refractivity contribution is 5.87. The van der Waals surface area contributed by atoms with Gasteiger partial charge in [-0.15, -0.1) is 11.8 Å². The number of carbonyl (C=O) groups is 1. The van der Waals surface area contributed by atoms with Crippen molar-refractivity contribution in [3.63, 3.8) is 0 Å². The Bertz CT molecular complexity index is 551. The molecule has 1 rings (SSSR count). The van der Waals surface area contributed by atoms with Crippen LogP contribution in [0.4, 0.5) is 8.78 Å². The molecule has 1 saturated heterocycles. The van der Waals surface area contributed by atoms with Gasteiger partial charge < -0.3 is 10.0 Å². The molecule has 1 fully saturated rings. The number of amides is 1. The lowest BCUT2D eigenvalue weighted by Crippen LogP contribution is -2.34. The summed E-state index contributed by atoms with van der Waals surface area (Å²) < 4.78 is 27.8. The van der Waals surface area contributed by atoms with E-state index in [1.807, 2.05) is 13.8 Å². The maximum Gasteiger partial charge on any atom is 0.327 e. The highest BCUT2D eigenvalue weighted by atomic mass is 19.3. The van der Waals surface area contributed by atoms with Crippen molar-refractivity contribution < 1.29 is 18.7 Å². The van der Waals surface area contributed by atoms with Gasteiger partial charge in [-0.1, -0.05) is 58.6 Å². The van der Waals surface area contributed by atoms with E-state index in [0.717, 1.165) is 43.4 Å². The Hall–Kier alpha value is -1.41. The van der Waals surface area contributed by atoms with Gasteiger partial charge >= 0.3 is 5.92 Å². The number of carbonyl (C=O) groups excluding carboxylic acids is 1. The molecule has 158 valence electrons. The van der Waals surface area contributed by atoms with E-state index in [-0.39, 0.29) is 5.92 Å². The molecule has 0 spiro atoms. The molecule has 0 aliphatic carbocycles. The van der Waals surface area contributed by atoms with Gasteiger partial charge in [0, 0.05) is 19.3 Å². The average molecular weight is 396 g/mol. The van der Waals surface area contributed by atoms with Crippen LogP contribution in [0.15, 0.2) is 12.2 Å². The van der Waals surface area contributed by atoms with E-state index in [0.29, 0.717) is 12.8 Å². The van der Waals surface area contributed by atoms with Crippen LogP contribution in [0.5, 0.6) is 0 Å². The Labute approximate surface area is 169 Å². The molecule has 1 aliphatic heterocycles. The lowest BCUT2D eigenvalue weighted by Gasteiger charge is -2.22. The molecule has 0 aromatic carbocycles. The van der Waals surface area contributed by atoms with Crippen LogP contribution < -0.4 is 0 Å². The van der Waals surface area contributed by atoms with Crippen molar-refractivity contribution in [3.8, 4) is 11.8 Å². The van der Waals surface area contributed by atoms with Crippen LogP contribution in [0.25, 0.3) is 0 Å². The first-order valence-electron chi connectivity index (χ1n) is 10.5. The normalized spacial score (nSPS) is 21.0. The number of hydrogen-bond acceptors (Lipinski definition) is 2. The zero-order chi connectivity index (χ0) is 21.0. The van der Waals surface area contributed by atoms with Gasteiger partial charge in [0.05, 0.1) is 18.7 Å². The number of likely N-dealkylation sites (tertiary alicyclic amines) is 1. The van der Waals surface area contributed by atoms with Crippen LogP contribution in [0.2, 0.25) is 0 Å². The molecular weight excluding hydrogens is 360 g/mol. The van der Waals surface area contributed by atoms with Crippen molar-refractivity contribution in [2.24, 2.45) is 5.92 Å². The number of nitrogens with zero attached hydrogens (tertiary/aromatic N) is 1. The first-order chi connectivity index (χ1) is 13.3. The number of halogens is 2. The van der Waals surface area contributed by atoms with Gasteiger partial charge in [-0.2, -0.15) is 8.78 Å². The number of aliphatic hydroxyl groups is 1. The summed E-state index contributed by atoms with van der Waals surface area (Å²) in [6, 6.07) is -0.709. The van der Waals surface area contributed by atoms with Crippen LogP contribution in [-0.4, -0.2) is 34.0 Å². The molecule has 1 heterocycles. The molecule has 0 aromatic heterocycles. The molecule has 3 atom stereocenters. The lowest BCUT2D eigenvalue weighted by atomic mass is 9.99. The predicted molar refractivity (Wildman–Crippen MR) is 109 cm³/mol. The monoisotopic (exact) mass is 395 g/mol. The van der Waals surface area contributed by atoms with Crippen LogP contribution in [-0.2, 0) is 4.79 Å². The quantitative estimate of drug-likeness (QED) is 0.276. The molecule has 0 bridgehead atoms. The second-order valence-corrected chi connectivity index (χ2v) is 7.58. The van der Waals surface area contributed by atoms with Crippen molar-refractivity contribution in [2.45, 2.75) is 96.6 Å². The van der Waals surface area contributed by atoms with E-state index >= 15 is 0 Å². The van der Waals surface area contributed by atoms with Gasteiger partial charge in [-0.25, -0.2) is 0 Å². The maximum atomic E-state index is 13.9. The smallest absolute Gasteiger partial charge is 0.327 e. The molecule has 1 amide bonds. The van der Waals surface area contributed by atoms with Crippen molar-refractivity contribution >= 4 is 5.91 Å². The van der Waals surface area contributed by atoms with Crippen LogP contribution in [0.1, 0.15) is 78.6 Å². The third-order valence-corrected chi connectivity index (χ3v) is 4.93. The van der Waals surface area contributed by atoms with E-state index in [2.05, 4.69) is 25.2 Å². The van der Waals surface area contributed by atoms with Gasteiger partial charge in [0.15, 0.2) is 0 Å². The Balaban J connectivity index is 2.58. The summed E-state index contributed by atoms with van der Waals surface area (Å²) in [7, 11) is 0. The summed E-state index contributed by atoms with van der Waals surface area (Å²) in [5, 5.41) is 10.3. The van der Waals surface area contributed by atoms with Crippen LogP contribution in [0, 0.1) is 30.7 Å². The van der Waals surface area contributed by atoms with Gasteiger partial charge in [0.2, 0.25) is 0 Å². The SMILES string of the molecule is C[CH]CCCCC[CH]N1C(=O)C(F)(F)C[C@@H]1/C=C/C(O)C(C)CC#CCCC. The molecule has 3 nitrogen and oxygen atoms in total. The van der Waals surface area contributed by atoms with E-state index in [1.54, 1.807) is 12.6 Å². The van der Waals surface area contributed by atoms with E-state index in [9.17, 15) is 18.7 Å². The van der Waals surface area contributed by atoms with Crippen molar-refractivity contribution in [3.05, 3.63) is 25.1 Å². The molecule has 1 aliphatic rings. The van der Waals surface area contributed by atoms with Crippen LogP contribution in [0.3, 0.4) is 0 Å². The minimum atomic E-state index is -3.34. The Morgan fingerprint density at radius 1 is 1.29 bits per heavy atom. The Kier molecular flexibility index (Phi) is 11.4. The molecule has 2 radical (unpaired) electrons. The largest absolute Gasteiger partial charge is 0.389 e. The first-order valence-corrected chi connectivity index (χ1v) is 10.5. The fourth-order valence-corrected chi connectivity index (χ4v) is 3.07. The molecule has 28 heavy (non-hydrogen) atoms. The lowest BCUT2D eigenvalue weighted by molar-refractivity contribution is -0.146. The van der Waals surface area contributed by atoms with Gasteiger partial charge in [0.1, 0.15) is 0 Å². The number of alkyl halides is 2. The Morgan fingerprint density at radius 3 is 2.68 bits per heavy atom. The summed E-state index contributed by atoms with van der Waals surface area (Å²) >= 11 is 0. The summed E-state index contributed by atoms with van der Waals surface area (Å²) in [4.78, 5) is 13.2. The van der Waals surface area contributed by atoms with Gasteiger partial charge in [-0.3, -0.25) is 4.79 Å². The topological polar surface area (TPSA) is 40.5 Å². The summed E-state index contributed by atoms with van der Waals surface area (Å²) in [6.45, 7) is 7.55. The second kappa shape index (κ2) is 12.9. The highest BCUT2D eigenvalue weighted by Gasteiger charge is 2.52. The third-order valence-electron chi connectivity index (χ3n) is 4.93. The fourth-order valence-electron chi connectivity index (χ4n) is 3.07. The Morgan fingerprint density at radius 2 is 2.00 bits per heavy atom. The number of aliphatic hydroxyl groups excluding tert-OH is 1. The summed E-state index contributed by atoms with van der Waals surface area (Å²) in [5.74, 6) is 1.50. The average Bonchev–Trinajstić information content (AvgIpc) is 2.88. The molecule has 2 unspecified atom stereocenters. The summed E-state index contributed by atoms with van der Waals surface area (Å²) in [6.07, 6.45) is 10.9. The third kappa shape index (κ3) is 8.31. The number of hydrogen-bond donors (Lipinski definition) is 1. The number of unbranched alkanes of at least 4 members (excludes halogenated alkanes) is 6. The van der Waals surface area contributed by atoms with Crippen molar-refractivity contribution in [2.75, 3.05) is 0 Å². The van der Waals surface area contributed by atoms with Crippen molar-refractivity contribution in [1.29, 1.82) is 0 Å². The molecule has 0 saturated carbocycles. The van der Waals surface area contributed by atoms with Gasteiger partial charge in [0.25, 0.3) is 5.91 Å². The molecular formula is C23H35F2NO2. The standard InChI is InChI=1S/C23H35F2NO2/c1-4-6-8-10-11-13-17-26-20(18-23(24,25)22(26)28)15-16-21(27)19(3)14-12-9-7-5-2/h4,15-17,19-21,27H,5-8,10-11,13-14,18H2,1-3H3/b16-15+/t19?,20-,21?/m0/s1. The zero-order valence-corrected chi connectivity index (χ0v) is 17.5. The zero-order valence-electron chi connectivity index (χ0n) is 17.5. The summed E-state index contributed by atoms with van der Waals surface area (Å²) in [5.41, 5.74) is 0. The van der Waals surface area contributed by atoms with E-state index in [1.165, 1.54) is 6.08 Å². The van der Waals surface area contributed by atoms with E-state index in [4.69, 9.17) is 0 Å². The first kappa shape index (κ1) is 24.6. The minimum Gasteiger partial charge on any atom is -0.389 e. The predicted octanol–water partition coefficient (Wildman–Crippen LogP) is 5.31. The van der Waals surface area contributed by atoms with Crippen LogP contribution >= 0.6 is 0 Å². The minimum absolute atomic E-state index is 0.0916.